The molecular weight excluding hydrogens is 208 g/mol. The van der Waals surface area contributed by atoms with Crippen molar-refractivity contribution in [1.82, 2.24) is 13.7 Å². The van der Waals surface area contributed by atoms with Crippen molar-refractivity contribution in [2.75, 3.05) is 11.9 Å². The summed E-state index contributed by atoms with van der Waals surface area (Å²) in [5, 5.41) is 3.19. The Balaban J connectivity index is 2.45. The van der Waals surface area contributed by atoms with Crippen LogP contribution < -0.4 is 5.32 Å². The summed E-state index contributed by atoms with van der Waals surface area (Å²) >= 11 is 1.22. The second kappa shape index (κ2) is 4.35. The highest BCUT2D eigenvalue weighted by atomic mass is 32.1. The molecule has 78 valence electrons. The molecular formula is C10H12N4S. The Morgan fingerprint density at radius 2 is 2.27 bits per heavy atom. The van der Waals surface area contributed by atoms with Crippen LogP contribution in [0.3, 0.4) is 0 Å². The van der Waals surface area contributed by atoms with E-state index in [4.69, 9.17) is 0 Å². The van der Waals surface area contributed by atoms with Crippen LogP contribution in [-0.4, -0.2) is 20.3 Å². The maximum Gasteiger partial charge on any atom is 0.168 e. The SMILES string of the molecule is CCNc1nsnc1-c1cnccc1C. The molecule has 15 heavy (non-hydrogen) atoms. The summed E-state index contributed by atoms with van der Waals surface area (Å²) in [4.78, 5) is 4.11. The lowest BCUT2D eigenvalue weighted by atomic mass is 10.1. The monoisotopic (exact) mass is 220 g/mol. The van der Waals surface area contributed by atoms with Gasteiger partial charge in [0.1, 0.15) is 5.69 Å². The van der Waals surface area contributed by atoms with Gasteiger partial charge in [-0.2, -0.15) is 8.75 Å². The van der Waals surface area contributed by atoms with Gasteiger partial charge in [-0.05, 0) is 25.5 Å². The quantitative estimate of drug-likeness (QED) is 0.862. The smallest absolute Gasteiger partial charge is 0.168 e. The van der Waals surface area contributed by atoms with Crippen LogP contribution >= 0.6 is 11.7 Å². The van der Waals surface area contributed by atoms with Gasteiger partial charge in [0.15, 0.2) is 5.82 Å². The van der Waals surface area contributed by atoms with Crippen molar-refractivity contribution in [3.8, 4) is 11.3 Å². The molecule has 0 saturated carbocycles. The van der Waals surface area contributed by atoms with Crippen molar-refractivity contribution < 1.29 is 0 Å². The third kappa shape index (κ3) is 1.97. The minimum Gasteiger partial charge on any atom is -0.368 e. The van der Waals surface area contributed by atoms with Crippen LogP contribution in [0.2, 0.25) is 0 Å². The zero-order chi connectivity index (χ0) is 10.7. The number of pyridine rings is 1. The Bertz CT molecular complexity index is 452. The summed E-state index contributed by atoms with van der Waals surface area (Å²) in [5.41, 5.74) is 3.10. The lowest BCUT2D eigenvalue weighted by Crippen LogP contribution is -1.99. The van der Waals surface area contributed by atoms with Gasteiger partial charge in [-0.25, -0.2) is 0 Å². The fraction of sp³-hybridized carbons (Fsp3) is 0.300. The normalized spacial score (nSPS) is 10.3. The molecule has 2 aromatic heterocycles. The average Bonchev–Trinajstić information content (AvgIpc) is 2.67. The molecule has 0 radical (unpaired) electrons. The topological polar surface area (TPSA) is 50.7 Å². The standard InChI is InChI=1S/C10H12N4S/c1-3-12-10-9(13-15-14-10)8-6-11-5-4-7(8)2/h4-6H,3H2,1-2H3,(H,12,14). The van der Waals surface area contributed by atoms with Crippen molar-refractivity contribution in [2.45, 2.75) is 13.8 Å². The van der Waals surface area contributed by atoms with E-state index >= 15 is 0 Å². The maximum absolute atomic E-state index is 4.29. The molecule has 2 rings (SSSR count). The predicted octanol–water partition coefficient (Wildman–Crippen LogP) is 2.34. The first-order valence-electron chi connectivity index (χ1n) is 4.80. The van der Waals surface area contributed by atoms with E-state index in [-0.39, 0.29) is 0 Å². The van der Waals surface area contributed by atoms with E-state index in [1.807, 2.05) is 26.1 Å². The van der Waals surface area contributed by atoms with Gasteiger partial charge in [-0.1, -0.05) is 0 Å². The van der Waals surface area contributed by atoms with Crippen LogP contribution in [0.4, 0.5) is 5.82 Å². The molecule has 0 saturated heterocycles. The third-order valence-corrected chi connectivity index (χ3v) is 2.66. The van der Waals surface area contributed by atoms with Crippen molar-refractivity contribution in [1.29, 1.82) is 0 Å². The summed E-state index contributed by atoms with van der Waals surface area (Å²) in [6.45, 7) is 4.93. The molecule has 0 bridgehead atoms. The van der Waals surface area contributed by atoms with E-state index in [1.54, 1.807) is 6.20 Å². The predicted molar refractivity (Wildman–Crippen MR) is 62.0 cm³/mol. The van der Waals surface area contributed by atoms with E-state index < -0.39 is 0 Å². The lowest BCUT2D eigenvalue weighted by molar-refractivity contribution is 1.18. The zero-order valence-electron chi connectivity index (χ0n) is 8.69. The van der Waals surface area contributed by atoms with Gasteiger partial charge in [0.2, 0.25) is 0 Å². The number of hydrogen-bond acceptors (Lipinski definition) is 5. The number of aryl methyl sites for hydroxylation is 1. The zero-order valence-corrected chi connectivity index (χ0v) is 9.51. The Kier molecular flexibility index (Phi) is 2.91. The third-order valence-electron chi connectivity index (χ3n) is 2.13. The maximum atomic E-state index is 4.29. The van der Waals surface area contributed by atoms with E-state index in [2.05, 4.69) is 19.0 Å². The van der Waals surface area contributed by atoms with Crippen LogP contribution in [0.5, 0.6) is 0 Å². The number of anilines is 1. The highest BCUT2D eigenvalue weighted by molar-refractivity contribution is 6.99. The Morgan fingerprint density at radius 3 is 3.00 bits per heavy atom. The number of hydrogen-bond donors (Lipinski definition) is 1. The number of nitrogens with zero attached hydrogens (tertiary/aromatic N) is 3. The fourth-order valence-corrected chi connectivity index (χ4v) is 1.90. The molecule has 2 aromatic rings. The first-order chi connectivity index (χ1) is 7.33. The van der Waals surface area contributed by atoms with Gasteiger partial charge < -0.3 is 5.32 Å². The van der Waals surface area contributed by atoms with Crippen molar-refractivity contribution in [3.05, 3.63) is 24.0 Å². The summed E-state index contributed by atoms with van der Waals surface area (Å²) < 4.78 is 8.51. The van der Waals surface area contributed by atoms with Gasteiger partial charge in [0.25, 0.3) is 0 Å². The minimum absolute atomic E-state index is 0.845. The average molecular weight is 220 g/mol. The number of rotatable bonds is 3. The second-order valence-corrected chi connectivity index (χ2v) is 3.71. The highest BCUT2D eigenvalue weighted by Gasteiger charge is 2.11. The Morgan fingerprint density at radius 1 is 1.40 bits per heavy atom. The summed E-state index contributed by atoms with van der Waals surface area (Å²) in [5.74, 6) is 0.846. The summed E-state index contributed by atoms with van der Waals surface area (Å²) in [6, 6.07) is 1.98. The first-order valence-corrected chi connectivity index (χ1v) is 5.53. The molecule has 0 spiro atoms. The molecule has 0 aromatic carbocycles. The molecule has 0 atom stereocenters. The number of aromatic nitrogens is 3. The fourth-order valence-electron chi connectivity index (χ4n) is 1.36. The molecule has 4 nitrogen and oxygen atoms in total. The van der Waals surface area contributed by atoms with Crippen LogP contribution in [0, 0.1) is 6.92 Å². The van der Waals surface area contributed by atoms with Gasteiger partial charge in [0, 0.05) is 24.5 Å². The van der Waals surface area contributed by atoms with E-state index in [0.29, 0.717) is 0 Å². The van der Waals surface area contributed by atoms with Gasteiger partial charge in [-0.15, -0.1) is 0 Å². The molecule has 0 unspecified atom stereocenters. The molecule has 1 N–H and O–H groups in total. The van der Waals surface area contributed by atoms with Gasteiger partial charge in [-0.3, -0.25) is 4.98 Å². The molecule has 0 aliphatic heterocycles. The molecule has 2 heterocycles. The van der Waals surface area contributed by atoms with E-state index in [1.165, 1.54) is 11.7 Å². The van der Waals surface area contributed by atoms with Crippen LogP contribution in [0.25, 0.3) is 11.3 Å². The largest absolute Gasteiger partial charge is 0.368 e. The van der Waals surface area contributed by atoms with Gasteiger partial charge in [0.05, 0.1) is 11.7 Å². The molecule has 0 aliphatic rings. The van der Waals surface area contributed by atoms with Crippen LogP contribution in [0.15, 0.2) is 18.5 Å². The van der Waals surface area contributed by atoms with E-state index in [0.717, 1.165) is 29.2 Å². The van der Waals surface area contributed by atoms with Crippen LogP contribution in [0.1, 0.15) is 12.5 Å². The highest BCUT2D eigenvalue weighted by Crippen LogP contribution is 2.27. The summed E-state index contributed by atoms with van der Waals surface area (Å²) in [7, 11) is 0. The molecule has 0 amide bonds. The molecule has 0 fully saturated rings. The Hall–Kier alpha value is -1.49. The van der Waals surface area contributed by atoms with E-state index in [9.17, 15) is 0 Å². The van der Waals surface area contributed by atoms with Crippen molar-refractivity contribution in [2.24, 2.45) is 0 Å². The minimum atomic E-state index is 0.845. The first kappa shape index (κ1) is 10.0. The Labute approximate surface area is 92.7 Å². The molecule has 5 heteroatoms. The van der Waals surface area contributed by atoms with Crippen molar-refractivity contribution in [3.63, 3.8) is 0 Å². The van der Waals surface area contributed by atoms with Crippen molar-refractivity contribution >= 4 is 17.5 Å². The summed E-state index contributed by atoms with van der Waals surface area (Å²) in [6.07, 6.45) is 3.61. The van der Waals surface area contributed by atoms with Crippen LogP contribution in [-0.2, 0) is 0 Å². The molecule has 0 aliphatic carbocycles. The van der Waals surface area contributed by atoms with Gasteiger partial charge >= 0.3 is 0 Å². The number of nitrogens with one attached hydrogen (secondary N) is 1. The second-order valence-electron chi connectivity index (χ2n) is 3.18. The lowest BCUT2D eigenvalue weighted by Gasteiger charge is -2.04.